The molecule has 4 nitrogen and oxygen atoms in total. The predicted octanol–water partition coefficient (Wildman–Crippen LogP) is 3.54. The highest BCUT2D eigenvalue weighted by Gasteiger charge is 2.19. The number of hydrogen-bond acceptors (Lipinski definition) is 3. The molecular formula is C13H9BrFN3O. The minimum absolute atomic E-state index is 0.336. The van der Waals surface area contributed by atoms with E-state index in [9.17, 15) is 4.39 Å². The van der Waals surface area contributed by atoms with E-state index in [1.165, 1.54) is 13.3 Å². The normalized spacial score (nSPS) is 10.9. The monoisotopic (exact) mass is 321 g/mol. The van der Waals surface area contributed by atoms with Crippen LogP contribution >= 0.6 is 15.9 Å². The molecule has 0 saturated heterocycles. The van der Waals surface area contributed by atoms with Crippen molar-refractivity contribution in [1.29, 1.82) is 0 Å². The smallest absolute Gasteiger partial charge is 0.154 e. The van der Waals surface area contributed by atoms with Crippen LogP contribution in [0.25, 0.3) is 22.3 Å². The van der Waals surface area contributed by atoms with Gasteiger partial charge in [0.15, 0.2) is 5.82 Å². The molecule has 6 heteroatoms. The molecule has 1 N–H and O–H groups in total. The lowest BCUT2D eigenvalue weighted by atomic mass is 10.1. The quantitative estimate of drug-likeness (QED) is 0.785. The molecule has 0 aliphatic heterocycles. The zero-order valence-corrected chi connectivity index (χ0v) is 11.5. The first kappa shape index (κ1) is 12.1. The summed E-state index contributed by atoms with van der Waals surface area (Å²) in [5, 5.41) is 0. The maximum absolute atomic E-state index is 14.0. The third-order valence-corrected chi connectivity index (χ3v) is 3.60. The van der Waals surface area contributed by atoms with Gasteiger partial charge in [0.2, 0.25) is 0 Å². The molecule has 19 heavy (non-hydrogen) atoms. The Bertz CT molecular complexity index is 757. The first-order valence-electron chi connectivity index (χ1n) is 5.52. The summed E-state index contributed by atoms with van der Waals surface area (Å²) in [5.74, 6) is -0.0844. The van der Waals surface area contributed by atoms with Gasteiger partial charge in [0, 0.05) is 6.20 Å². The summed E-state index contributed by atoms with van der Waals surface area (Å²) < 4.78 is 19.9. The lowest BCUT2D eigenvalue weighted by Gasteiger charge is -2.07. The molecule has 0 saturated carbocycles. The molecule has 0 aromatic carbocycles. The van der Waals surface area contributed by atoms with Gasteiger partial charge in [0.05, 0.1) is 40.8 Å². The summed E-state index contributed by atoms with van der Waals surface area (Å²) in [6.45, 7) is 0. The zero-order valence-electron chi connectivity index (χ0n) is 9.95. The highest BCUT2D eigenvalue weighted by molar-refractivity contribution is 9.10. The molecule has 0 aliphatic carbocycles. The molecular weight excluding hydrogens is 313 g/mol. The van der Waals surface area contributed by atoms with Crippen molar-refractivity contribution in [1.82, 2.24) is 15.0 Å². The number of aromatic nitrogens is 3. The van der Waals surface area contributed by atoms with Crippen LogP contribution < -0.4 is 4.74 Å². The Morgan fingerprint density at radius 3 is 2.95 bits per heavy atom. The molecule has 96 valence electrons. The Labute approximate surface area is 116 Å². The summed E-state index contributed by atoms with van der Waals surface area (Å²) in [5.41, 5.74) is 2.49. The van der Waals surface area contributed by atoms with Crippen LogP contribution in [-0.2, 0) is 0 Å². The van der Waals surface area contributed by atoms with E-state index in [0.717, 1.165) is 17.2 Å². The van der Waals surface area contributed by atoms with E-state index in [-0.39, 0.29) is 0 Å². The van der Waals surface area contributed by atoms with Gasteiger partial charge in [-0.15, -0.1) is 0 Å². The van der Waals surface area contributed by atoms with Crippen LogP contribution in [-0.4, -0.2) is 22.1 Å². The van der Waals surface area contributed by atoms with Crippen LogP contribution in [0.15, 0.2) is 35.2 Å². The van der Waals surface area contributed by atoms with Crippen LogP contribution in [0.3, 0.4) is 0 Å². The van der Waals surface area contributed by atoms with Crippen molar-refractivity contribution in [2.75, 3.05) is 7.11 Å². The first-order chi connectivity index (χ1) is 9.22. The average Bonchev–Trinajstić information content (AvgIpc) is 2.76. The van der Waals surface area contributed by atoms with E-state index in [0.29, 0.717) is 21.5 Å². The predicted molar refractivity (Wildman–Crippen MR) is 73.5 cm³/mol. The van der Waals surface area contributed by atoms with Gasteiger partial charge < -0.3 is 9.72 Å². The van der Waals surface area contributed by atoms with Crippen LogP contribution in [0, 0.1) is 5.82 Å². The second-order valence-corrected chi connectivity index (χ2v) is 4.71. The number of rotatable bonds is 2. The number of halogens is 2. The first-order valence-corrected chi connectivity index (χ1v) is 6.31. The lowest BCUT2D eigenvalue weighted by molar-refractivity contribution is 0.411. The Hall–Kier alpha value is -1.95. The van der Waals surface area contributed by atoms with Gasteiger partial charge in [-0.3, -0.25) is 9.97 Å². The Morgan fingerprint density at radius 1 is 1.37 bits per heavy atom. The molecule has 0 radical (unpaired) electrons. The van der Waals surface area contributed by atoms with Gasteiger partial charge in [-0.25, -0.2) is 4.39 Å². The number of aromatic amines is 1. The third-order valence-electron chi connectivity index (χ3n) is 2.83. The summed E-state index contributed by atoms with van der Waals surface area (Å²) >= 11 is 3.45. The molecule has 0 amide bonds. The minimum Gasteiger partial charge on any atom is -0.494 e. The Morgan fingerprint density at radius 2 is 2.21 bits per heavy atom. The van der Waals surface area contributed by atoms with Crippen molar-refractivity contribution in [3.63, 3.8) is 0 Å². The summed E-state index contributed by atoms with van der Waals surface area (Å²) in [7, 11) is 1.48. The van der Waals surface area contributed by atoms with Gasteiger partial charge >= 0.3 is 0 Å². The maximum atomic E-state index is 14.0. The summed E-state index contributed by atoms with van der Waals surface area (Å²) in [6, 6.07) is 3.69. The van der Waals surface area contributed by atoms with E-state index in [1.54, 1.807) is 6.20 Å². The van der Waals surface area contributed by atoms with Crippen molar-refractivity contribution in [2.45, 2.75) is 0 Å². The van der Waals surface area contributed by atoms with Crippen molar-refractivity contribution in [2.24, 2.45) is 0 Å². The van der Waals surface area contributed by atoms with E-state index in [4.69, 9.17) is 4.74 Å². The molecule has 3 aromatic rings. The number of nitrogens with zero attached hydrogens (tertiary/aromatic N) is 2. The SMILES string of the molecule is COc1cncc(F)c1-c1[nH]c2cccnc2c1Br. The minimum atomic E-state index is -0.452. The molecule has 0 aliphatic rings. The Balaban J connectivity index is 2.33. The van der Waals surface area contributed by atoms with Crippen molar-refractivity contribution < 1.29 is 9.13 Å². The van der Waals surface area contributed by atoms with E-state index in [1.807, 2.05) is 12.1 Å². The molecule has 3 aromatic heterocycles. The second-order valence-electron chi connectivity index (χ2n) is 3.91. The van der Waals surface area contributed by atoms with Gasteiger partial charge in [-0.1, -0.05) is 0 Å². The number of fused-ring (bicyclic) bond motifs is 1. The fraction of sp³-hybridized carbons (Fsp3) is 0.0769. The van der Waals surface area contributed by atoms with Gasteiger partial charge in [0.25, 0.3) is 0 Å². The third kappa shape index (κ3) is 1.88. The number of H-pyrrole nitrogens is 1. The Kier molecular flexibility index (Phi) is 2.94. The summed E-state index contributed by atoms with van der Waals surface area (Å²) in [6.07, 6.45) is 4.32. The molecule has 3 rings (SSSR count). The van der Waals surface area contributed by atoms with E-state index < -0.39 is 5.82 Å². The van der Waals surface area contributed by atoms with Crippen molar-refractivity contribution >= 4 is 27.0 Å². The highest BCUT2D eigenvalue weighted by Crippen LogP contribution is 2.38. The number of ether oxygens (including phenoxy) is 1. The number of hydrogen-bond donors (Lipinski definition) is 1. The van der Waals surface area contributed by atoms with Crippen LogP contribution in [0.5, 0.6) is 5.75 Å². The number of nitrogens with one attached hydrogen (secondary N) is 1. The lowest BCUT2D eigenvalue weighted by Crippen LogP contribution is -1.93. The zero-order chi connectivity index (χ0) is 13.4. The highest BCUT2D eigenvalue weighted by atomic mass is 79.9. The largest absolute Gasteiger partial charge is 0.494 e. The molecule has 0 unspecified atom stereocenters. The van der Waals surface area contributed by atoms with Crippen molar-refractivity contribution in [3.8, 4) is 17.0 Å². The standard InChI is InChI=1S/C13H9BrFN3O/c1-19-9-6-16-5-7(15)10(9)13-11(14)12-8(18-13)3-2-4-17-12/h2-6,18H,1H3. The fourth-order valence-electron chi connectivity index (χ4n) is 1.98. The second kappa shape index (κ2) is 4.62. The average molecular weight is 322 g/mol. The summed E-state index contributed by atoms with van der Waals surface area (Å²) in [4.78, 5) is 11.2. The van der Waals surface area contributed by atoms with E-state index in [2.05, 4.69) is 30.9 Å². The van der Waals surface area contributed by atoms with E-state index >= 15 is 0 Å². The van der Waals surface area contributed by atoms with Gasteiger partial charge in [0.1, 0.15) is 11.3 Å². The molecule has 0 atom stereocenters. The maximum Gasteiger partial charge on any atom is 0.154 e. The van der Waals surface area contributed by atoms with Crippen LogP contribution in [0.4, 0.5) is 4.39 Å². The van der Waals surface area contributed by atoms with Crippen LogP contribution in [0.2, 0.25) is 0 Å². The molecule has 0 spiro atoms. The van der Waals surface area contributed by atoms with Gasteiger partial charge in [-0.05, 0) is 28.1 Å². The number of pyridine rings is 2. The van der Waals surface area contributed by atoms with Gasteiger partial charge in [-0.2, -0.15) is 0 Å². The van der Waals surface area contributed by atoms with Crippen molar-refractivity contribution in [3.05, 3.63) is 41.0 Å². The molecule has 3 heterocycles. The molecule has 0 bridgehead atoms. The molecule has 0 fully saturated rings. The van der Waals surface area contributed by atoms with Crippen LogP contribution in [0.1, 0.15) is 0 Å². The fourth-order valence-corrected chi connectivity index (χ4v) is 2.59. The number of methoxy groups -OCH3 is 1. The topological polar surface area (TPSA) is 50.8 Å².